The van der Waals surface area contributed by atoms with Crippen LogP contribution in [0.4, 0.5) is 4.79 Å². The van der Waals surface area contributed by atoms with Crippen LogP contribution in [0, 0.1) is 0 Å². The minimum atomic E-state index is -0.0948. The number of amides is 2. The van der Waals surface area contributed by atoms with E-state index in [4.69, 9.17) is 9.47 Å². The third kappa shape index (κ3) is 6.88. The Morgan fingerprint density at radius 3 is 2.46 bits per heavy atom. The molecule has 144 valence electrons. The molecule has 6 nitrogen and oxygen atoms in total. The molecule has 1 saturated heterocycles. The van der Waals surface area contributed by atoms with Crippen molar-refractivity contribution in [2.75, 3.05) is 38.6 Å². The van der Waals surface area contributed by atoms with Gasteiger partial charge in [0.05, 0.1) is 12.4 Å². The number of para-hydroxylation sites is 2. The molecule has 0 bridgehead atoms. The zero-order chi connectivity index (χ0) is 18.6. The van der Waals surface area contributed by atoms with Crippen molar-refractivity contribution in [3.05, 3.63) is 24.3 Å². The summed E-state index contributed by atoms with van der Waals surface area (Å²) < 4.78 is 11.3. The van der Waals surface area contributed by atoms with Crippen LogP contribution in [0.2, 0.25) is 0 Å². The van der Waals surface area contributed by atoms with Gasteiger partial charge in [-0.15, -0.1) is 0 Å². The Morgan fingerprint density at radius 1 is 1.04 bits per heavy atom. The highest BCUT2D eigenvalue weighted by Crippen LogP contribution is 2.26. The number of unbranched alkanes of at least 4 members (excludes halogenated alkanes) is 3. The summed E-state index contributed by atoms with van der Waals surface area (Å²) in [6.07, 6.45) is 4.08. The third-order valence-corrected chi connectivity index (χ3v) is 4.87. The number of benzene rings is 1. The Hall–Kier alpha value is -1.73. The fourth-order valence-corrected chi connectivity index (χ4v) is 3.42. The van der Waals surface area contributed by atoms with Crippen LogP contribution in [0.5, 0.6) is 11.5 Å². The van der Waals surface area contributed by atoms with Gasteiger partial charge in [0.15, 0.2) is 11.5 Å². The quantitative estimate of drug-likeness (QED) is 0.530. The molecule has 0 saturated carbocycles. The number of carbonyl (C=O) groups excluding carboxylic acids is 2. The van der Waals surface area contributed by atoms with Gasteiger partial charge in [0.25, 0.3) is 5.24 Å². The lowest BCUT2D eigenvalue weighted by molar-refractivity contribution is -0.124. The first-order valence-electron chi connectivity index (χ1n) is 9.25. The van der Waals surface area contributed by atoms with Gasteiger partial charge in [-0.25, -0.2) is 0 Å². The summed E-state index contributed by atoms with van der Waals surface area (Å²) in [6.45, 7) is 5.46. The summed E-state index contributed by atoms with van der Waals surface area (Å²) in [5, 5.41) is 3.27. The number of imide groups is 1. The molecule has 1 aliphatic rings. The van der Waals surface area contributed by atoms with Crippen LogP contribution in [0.25, 0.3) is 0 Å². The monoisotopic (exact) mass is 380 g/mol. The van der Waals surface area contributed by atoms with Crippen LogP contribution < -0.4 is 14.8 Å². The predicted octanol–water partition coefficient (Wildman–Crippen LogP) is 3.31. The van der Waals surface area contributed by atoms with Gasteiger partial charge in [0, 0.05) is 13.1 Å². The summed E-state index contributed by atoms with van der Waals surface area (Å²) >= 11 is 1.10. The first-order chi connectivity index (χ1) is 12.7. The smallest absolute Gasteiger partial charge is 0.288 e. The van der Waals surface area contributed by atoms with E-state index in [-0.39, 0.29) is 11.1 Å². The number of nitrogens with one attached hydrogen (secondary N) is 1. The van der Waals surface area contributed by atoms with Gasteiger partial charge in [0.1, 0.15) is 6.61 Å². The summed E-state index contributed by atoms with van der Waals surface area (Å²) in [5.41, 5.74) is 0. The molecular formula is C19H28N2O4S. The number of ether oxygens (including phenoxy) is 2. The average molecular weight is 381 g/mol. The highest BCUT2D eigenvalue weighted by Gasteiger charge is 2.28. The molecule has 0 radical (unpaired) electrons. The SMILES string of the molecule is CCOc1ccccc1OCCNCCCCCCN1C(=O)CSC1=O. The van der Waals surface area contributed by atoms with Crippen molar-refractivity contribution in [1.82, 2.24) is 10.2 Å². The average Bonchev–Trinajstić information content (AvgIpc) is 2.96. The molecule has 0 atom stereocenters. The van der Waals surface area contributed by atoms with Crippen molar-refractivity contribution in [1.29, 1.82) is 0 Å². The second-order valence-corrected chi connectivity index (χ2v) is 6.92. The molecule has 2 amide bonds. The zero-order valence-corrected chi connectivity index (χ0v) is 16.2. The molecule has 1 heterocycles. The van der Waals surface area contributed by atoms with Crippen molar-refractivity contribution in [2.24, 2.45) is 0 Å². The summed E-state index contributed by atoms with van der Waals surface area (Å²) in [6, 6.07) is 7.70. The molecule has 1 fully saturated rings. The van der Waals surface area contributed by atoms with Crippen LogP contribution >= 0.6 is 11.8 Å². The third-order valence-electron chi connectivity index (χ3n) is 4.01. The predicted molar refractivity (Wildman–Crippen MR) is 104 cm³/mol. The maximum Gasteiger partial charge on any atom is 0.288 e. The van der Waals surface area contributed by atoms with Crippen LogP contribution in [0.3, 0.4) is 0 Å². The molecule has 0 aliphatic carbocycles. The Morgan fingerprint density at radius 2 is 1.77 bits per heavy atom. The van der Waals surface area contributed by atoms with E-state index in [1.807, 2.05) is 31.2 Å². The normalized spacial score (nSPS) is 14.1. The van der Waals surface area contributed by atoms with E-state index in [2.05, 4.69) is 5.32 Å². The van der Waals surface area contributed by atoms with Crippen LogP contribution in [-0.2, 0) is 4.79 Å². The number of carbonyl (C=O) groups is 2. The van der Waals surface area contributed by atoms with Gasteiger partial charge in [-0.05, 0) is 38.4 Å². The summed E-state index contributed by atoms with van der Waals surface area (Å²) in [7, 11) is 0. The Bertz CT molecular complexity index is 566. The van der Waals surface area contributed by atoms with E-state index < -0.39 is 0 Å². The fraction of sp³-hybridized carbons (Fsp3) is 0.579. The lowest BCUT2D eigenvalue weighted by Crippen LogP contribution is -2.29. The van der Waals surface area contributed by atoms with Gasteiger partial charge in [-0.2, -0.15) is 0 Å². The van der Waals surface area contributed by atoms with Crippen molar-refractivity contribution in [2.45, 2.75) is 32.6 Å². The van der Waals surface area contributed by atoms with Gasteiger partial charge < -0.3 is 14.8 Å². The van der Waals surface area contributed by atoms with Crippen molar-refractivity contribution >= 4 is 22.9 Å². The van der Waals surface area contributed by atoms with E-state index in [0.29, 0.717) is 25.5 Å². The molecular weight excluding hydrogens is 352 g/mol. The van der Waals surface area contributed by atoms with Gasteiger partial charge >= 0.3 is 0 Å². The number of nitrogens with zero attached hydrogens (tertiary/aromatic N) is 1. The van der Waals surface area contributed by atoms with E-state index in [9.17, 15) is 9.59 Å². The molecule has 1 aromatic carbocycles. The second kappa shape index (κ2) is 11.8. The minimum Gasteiger partial charge on any atom is -0.490 e. The fourth-order valence-electron chi connectivity index (χ4n) is 2.67. The van der Waals surface area contributed by atoms with Crippen molar-refractivity contribution in [3.63, 3.8) is 0 Å². The summed E-state index contributed by atoms with van der Waals surface area (Å²) in [4.78, 5) is 24.3. The zero-order valence-electron chi connectivity index (χ0n) is 15.4. The molecule has 2 rings (SSSR count). The van der Waals surface area contributed by atoms with Gasteiger partial charge in [-0.1, -0.05) is 36.7 Å². The summed E-state index contributed by atoms with van der Waals surface area (Å²) in [5.74, 6) is 1.82. The van der Waals surface area contributed by atoms with Crippen molar-refractivity contribution < 1.29 is 19.1 Å². The van der Waals surface area contributed by atoms with E-state index in [0.717, 1.165) is 62.0 Å². The lowest BCUT2D eigenvalue weighted by Gasteiger charge is -2.12. The number of hydrogen-bond donors (Lipinski definition) is 1. The first kappa shape index (κ1) is 20.6. The highest BCUT2D eigenvalue weighted by molar-refractivity contribution is 8.14. The molecule has 26 heavy (non-hydrogen) atoms. The van der Waals surface area contributed by atoms with Crippen LogP contribution in [-0.4, -0.2) is 54.6 Å². The molecule has 1 aliphatic heterocycles. The van der Waals surface area contributed by atoms with E-state index in [1.165, 1.54) is 4.90 Å². The second-order valence-electron chi connectivity index (χ2n) is 5.99. The number of rotatable bonds is 13. The standard InChI is InChI=1S/C19H28N2O4S/c1-2-24-16-9-5-6-10-17(16)25-14-12-20-11-7-3-4-8-13-21-18(22)15-26-19(21)23/h5-6,9-10,20H,2-4,7-8,11-15H2,1H3. The topological polar surface area (TPSA) is 67.9 Å². The van der Waals surface area contributed by atoms with E-state index in [1.54, 1.807) is 0 Å². The Balaban J connectivity index is 1.45. The molecule has 0 spiro atoms. The van der Waals surface area contributed by atoms with Gasteiger partial charge in [-0.3, -0.25) is 14.5 Å². The molecule has 1 N–H and O–H groups in total. The van der Waals surface area contributed by atoms with E-state index >= 15 is 0 Å². The van der Waals surface area contributed by atoms with Gasteiger partial charge in [0.2, 0.25) is 5.91 Å². The largest absolute Gasteiger partial charge is 0.490 e. The Labute approximate surface area is 159 Å². The van der Waals surface area contributed by atoms with Crippen LogP contribution in [0.1, 0.15) is 32.6 Å². The highest BCUT2D eigenvalue weighted by atomic mass is 32.2. The minimum absolute atomic E-state index is 0.0485. The number of hydrogen-bond acceptors (Lipinski definition) is 6. The molecule has 7 heteroatoms. The lowest BCUT2D eigenvalue weighted by atomic mass is 10.2. The molecule has 1 aromatic rings. The Kier molecular flexibility index (Phi) is 9.34. The molecule has 0 unspecified atom stereocenters. The first-order valence-corrected chi connectivity index (χ1v) is 10.2. The maximum absolute atomic E-state index is 11.5. The number of thioether (sulfide) groups is 1. The van der Waals surface area contributed by atoms with Crippen molar-refractivity contribution in [3.8, 4) is 11.5 Å². The maximum atomic E-state index is 11.5. The van der Waals surface area contributed by atoms with Crippen LogP contribution in [0.15, 0.2) is 24.3 Å². The molecule has 0 aromatic heterocycles.